The highest BCUT2D eigenvalue weighted by atomic mass is 14.9. The van der Waals surface area contributed by atoms with E-state index in [1.165, 1.54) is 31.3 Å². The lowest BCUT2D eigenvalue weighted by molar-refractivity contribution is 0.252. The first kappa shape index (κ1) is 10.8. The lowest BCUT2D eigenvalue weighted by atomic mass is 9.77. The normalized spacial score (nSPS) is 23.0. The van der Waals surface area contributed by atoms with Crippen LogP contribution in [0, 0.1) is 5.41 Å². The Hall–Kier alpha value is -0.300. The van der Waals surface area contributed by atoms with Crippen LogP contribution >= 0.6 is 0 Å². The molecule has 1 rings (SSSR count). The Morgan fingerprint density at radius 2 is 2.00 bits per heavy atom. The van der Waals surface area contributed by atoms with Gasteiger partial charge in [-0.15, -0.1) is 0 Å². The van der Waals surface area contributed by atoms with Gasteiger partial charge in [0, 0.05) is 6.04 Å². The minimum atomic E-state index is 0.474. The Bertz CT molecular complexity index is 178. The summed E-state index contributed by atoms with van der Waals surface area (Å²) in [5.74, 6) is 0. The van der Waals surface area contributed by atoms with Crippen LogP contribution in [0.5, 0.6) is 0 Å². The summed E-state index contributed by atoms with van der Waals surface area (Å²) < 4.78 is 0. The third-order valence-electron chi connectivity index (χ3n) is 3.34. The van der Waals surface area contributed by atoms with E-state index in [4.69, 9.17) is 0 Å². The molecule has 1 heteroatoms. The van der Waals surface area contributed by atoms with Gasteiger partial charge in [-0.25, -0.2) is 0 Å². The SMILES string of the molecule is C=C(C)C(NCC)C1(C)CCCC1. The summed E-state index contributed by atoms with van der Waals surface area (Å²) in [5.41, 5.74) is 1.77. The molecule has 1 aliphatic carbocycles. The summed E-state index contributed by atoms with van der Waals surface area (Å²) in [7, 11) is 0. The maximum absolute atomic E-state index is 4.10. The van der Waals surface area contributed by atoms with Gasteiger partial charge >= 0.3 is 0 Å². The second kappa shape index (κ2) is 4.28. The van der Waals surface area contributed by atoms with Crippen LogP contribution in [-0.2, 0) is 0 Å². The van der Waals surface area contributed by atoms with Crippen LogP contribution in [0.3, 0.4) is 0 Å². The van der Waals surface area contributed by atoms with Gasteiger partial charge < -0.3 is 5.32 Å². The average Bonchev–Trinajstić information content (AvgIpc) is 2.48. The van der Waals surface area contributed by atoms with Crippen LogP contribution < -0.4 is 5.32 Å². The van der Waals surface area contributed by atoms with E-state index < -0.39 is 0 Å². The highest BCUT2D eigenvalue weighted by Gasteiger charge is 2.36. The fourth-order valence-electron chi connectivity index (χ4n) is 2.69. The van der Waals surface area contributed by atoms with E-state index in [-0.39, 0.29) is 0 Å². The van der Waals surface area contributed by atoms with E-state index >= 15 is 0 Å². The van der Waals surface area contributed by atoms with Crippen molar-refractivity contribution in [3.05, 3.63) is 12.2 Å². The Kier molecular flexibility index (Phi) is 3.55. The van der Waals surface area contributed by atoms with Crippen molar-refractivity contribution in [2.24, 2.45) is 5.41 Å². The number of hydrogen-bond donors (Lipinski definition) is 1. The lowest BCUT2D eigenvalue weighted by Crippen LogP contribution is -2.42. The van der Waals surface area contributed by atoms with Gasteiger partial charge in [-0.1, -0.05) is 38.8 Å². The van der Waals surface area contributed by atoms with Crippen LogP contribution in [0.4, 0.5) is 0 Å². The quantitative estimate of drug-likeness (QED) is 0.657. The van der Waals surface area contributed by atoms with E-state index in [1.807, 2.05) is 0 Å². The van der Waals surface area contributed by atoms with Gasteiger partial charge in [-0.05, 0) is 31.7 Å². The van der Waals surface area contributed by atoms with E-state index in [2.05, 4.69) is 32.7 Å². The average molecular weight is 181 g/mol. The molecule has 0 saturated heterocycles. The first-order chi connectivity index (χ1) is 6.10. The van der Waals surface area contributed by atoms with Crippen LogP contribution in [0.1, 0.15) is 46.5 Å². The van der Waals surface area contributed by atoms with Gasteiger partial charge in [0.15, 0.2) is 0 Å². The van der Waals surface area contributed by atoms with Gasteiger partial charge in [0.1, 0.15) is 0 Å². The topological polar surface area (TPSA) is 12.0 Å². The van der Waals surface area contributed by atoms with E-state index in [9.17, 15) is 0 Å². The third kappa shape index (κ3) is 2.34. The zero-order chi connectivity index (χ0) is 9.90. The van der Waals surface area contributed by atoms with Gasteiger partial charge in [-0.3, -0.25) is 0 Å². The van der Waals surface area contributed by atoms with Gasteiger partial charge in [0.2, 0.25) is 0 Å². The number of hydrogen-bond acceptors (Lipinski definition) is 1. The molecule has 0 aromatic carbocycles. The fraction of sp³-hybridized carbons (Fsp3) is 0.833. The van der Waals surface area contributed by atoms with Crippen molar-refractivity contribution in [2.75, 3.05) is 6.54 Å². The number of rotatable bonds is 4. The summed E-state index contributed by atoms with van der Waals surface area (Å²) in [6, 6.07) is 0.528. The minimum Gasteiger partial charge on any atom is -0.310 e. The molecule has 1 aliphatic rings. The Morgan fingerprint density at radius 3 is 2.38 bits per heavy atom. The zero-order valence-electron chi connectivity index (χ0n) is 9.32. The molecule has 1 unspecified atom stereocenters. The van der Waals surface area contributed by atoms with E-state index in [0.717, 1.165) is 6.54 Å². The molecular formula is C12H23N. The third-order valence-corrected chi connectivity index (χ3v) is 3.34. The van der Waals surface area contributed by atoms with Crippen LogP contribution in [-0.4, -0.2) is 12.6 Å². The van der Waals surface area contributed by atoms with Crippen molar-refractivity contribution in [2.45, 2.75) is 52.5 Å². The summed E-state index contributed by atoms with van der Waals surface area (Å²) in [6.45, 7) is 11.9. The monoisotopic (exact) mass is 181 g/mol. The molecule has 0 aromatic rings. The summed E-state index contributed by atoms with van der Waals surface area (Å²) >= 11 is 0. The predicted molar refractivity (Wildman–Crippen MR) is 58.9 cm³/mol. The van der Waals surface area contributed by atoms with Crippen molar-refractivity contribution in [1.29, 1.82) is 0 Å². The predicted octanol–water partition coefficient (Wildman–Crippen LogP) is 3.12. The highest BCUT2D eigenvalue weighted by molar-refractivity contribution is 5.10. The molecule has 0 radical (unpaired) electrons. The molecule has 0 aliphatic heterocycles. The van der Waals surface area contributed by atoms with Crippen LogP contribution in [0.15, 0.2) is 12.2 Å². The first-order valence-corrected chi connectivity index (χ1v) is 5.49. The van der Waals surface area contributed by atoms with Crippen LogP contribution in [0.25, 0.3) is 0 Å². The molecule has 0 bridgehead atoms. The van der Waals surface area contributed by atoms with Gasteiger partial charge in [0.25, 0.3) is 0 Å². The van der Waals surface area contributed by atoms with Gasteiger partial charge in [0.05, 0.1) is 0 Å². The van der Waals surface area contributed by atoms with E-state index in [0.29, 0.717) is 11.5 Å². The molecule has 0 spiro atoms. The molecule has 0 heterocycles. The van der Waals surface area contributed by atoms with Crippen molar-refractivity contribution in [3.63, 3.8) is 0 Å². The summed E-state index contributed by atoms with van der Waals surface area (Å²) in [6.07, 6.45) is 5.51. The summed E-state index contributed by atoms with van der Waals surface area (Å²) in [4.78, 5) is 0. The standard InChI is InChI=1S/C12H23N/c1-5-13-11(10(2)3)12(4)8-6-7-9-12/h11,13H,2,5-9H2,1,3-4H3. The molecule has 1 nitrogen and oxygen atoms in total. The molecule has 1 saturated carbocycles. The smallest absolute Gasteiger partial charge is 0.0328 e. The molecule has 76 valence electrons. The van der Waals surface area contributed by atoms with E-state index in [1.54, 1.807) is 0 Å². The molecule has 1 N–H and O–H groups in total. The van der Waals surface area contributed by atoms with Crippen molar-refractivity contribution < 1.29 is 0 Å². The Labute approximate surface area is 82.6 Å². The van der Waals surface area contributed by atoms with Gasteiger partial charge in [-0.2, -0.15) is 0 Å². The minimum absolute atomic E-state index is 0.474. The second-order valence-electron chi connectivity index (χ2n) is 4.70. The molecule has 0 amide bonds. The molecule has 1 atom stereocenters. The van der Waals surface area contributed by atoms with Crippen molar-refractivity contribution in [1.82, 2.24) is 5.32 Å². The molecule has 0 aromatic heterocycles. The largest absolute Gasteiger partial charge is 0.310 e. The first-order valence-electron chi connectivity index (χ1n) is 5.49. The van der Waals surface area contributed by atoms with Crippen molar-refractivity contribution >= 4 is 0 Å². The molecular weight excluding hydrogens is 158 g/mol. The Balaban J connectivity index is 2.67. The maximum Gasteiger partial charge on any atom is 0.0328 e. The second-order valence-corrected chi connectivity index (χ2v) is 4.70. The summed E-state index contributed by atoms with van der Waals surface area (Å²) in [5, 5.41) is 3.56. The highest BCUT2D eigenvalue weighted by Crippen LogP contribution is 2.42. The van der Waals surface area contributed by atoms with Crippen molar-refractivity contribution in [3.8, 4) is 0 Å². The molecule has 13 heavy (non-hydrogen) atoms. The fourth-order valence-corrected chi connectivity index (χ4v) is 2.69. The Morgan fingerprint density at radius 1 is 1.46 bits per heavy atom. The zero-order valence-corrected chi connectivity index (χ0v) is 9.32. The van der Waals surface area contributed by atoms with Crippen LogP contribution in [0.2, 0.25) is 0 Å². The number of likely N-dealkylation sites (N-methyl/N-ethyl adjacent to an activating group) is 1. The maximum atomic E-state index is 4.10. The number of nitrogens with one attached hydrogen (secondary N) is 1. The lowest BCUT2D eigenvalue weighted by Gasteiger charge is -2.35. The molecule has 1 fully saturated rings.